The summed E-state index contributed by atoms with van der Waals surface area (Å²) in [6, 6.07) is 15.1. The number of likely N-dealkylation sites (tertiary alicyclic amines) is 1. The number of carbonyl (C=O) groups is 3. The Kier molecular flexibility index (Phi) is 6.55. The number of carbonyl (C=O) groups excluding carboxylic acids is 3. The fourth-order valence-electron chi connectivity index (χ4n) is 4.38. The number of piperidine rings is 1. The summed E-state index contributed by atoms with van der Waals surface area (Å²) in [5.74, 6) is -0.233. The van der Waals surface area contributed by atoms with E-state index in [-0.39, 0.29) is 23.8 Å². The highest BCUT2D eigenvalue weighted by atomic mass is 32.1. The molecule has 3 amide bonds. The molecule has 2 N–H and O–H groups in total. The number of rotatable bonds is 5. The zero-order valence-electron chi connectivity index (χ0n) is 18.3. The standard InChI is InChI=1S/C25H27N3O3S/c1-16(29)27-18-12-10-17(11-13-18)25(31)28-14-6-5-7-19(28)15-21-20-8-3-4-9-22(20)32-23(21)24(30)26-2/h3-4,8-13,19H,5-7,14-15H2,1-2H3,(H,26,30)(H,27,29). The third-order valence-corrected chi connectivity index (χ3v) is 7.12. The lowest BCUT2D eigenvalue weighted by molar-refractivity contribution is -0.114. The highest BCUT2D eigenvalue weighted by Gasteiger charge is 2.30. The predicted molar refractivity (Wildman–Crippen MR) is 128 cm³/mol. The maximum Gasteiger partial charge on any atom is 0.261 e. The van der Waals surface area contributed by atoms with Gasteiger partial charge >= 0.3 is 0 Å². The first-order chi connectivity index (χ1) is 15.5. The minimum Gasteiger partial charge on any atom is -0.354 e. The molecule has 2 aromatic carbocycles. The van der Waals surface area contributed by atoms with Gasteiger partial charge in [0.15, 0.2) is 0 Å². The second-order valence-electron chi connectivity index (χ2n) is 8.10. The third-order valence-electron chi connectivity index (χ3n) is 5.91. The van der Waals surface area contributed by atoms with Gasteiger partial charge in [-0.2, -0.15) is 0 Å². The monoisotopic (exact) mass is 449 g/mol. The van der Waals surface area contributed by atoms with Crippen LogP contribution in [0.5, 0.6) is 0 Å². The van der Waals surface area contributed by atoms with Crippen molar-refractivity contribution in [1.29, 1.82) is 0 Å². The van der Waals surface area contributed by atoms with Crippen LogP contribution in [0.1, 0.15) is 51.8 Å². The van der Waals surface area contributed by atoms with Crippen LogP contribution in [0.2, 0.25) is 0 Å². The Bertz CT molecular complexity index is 1150. The summed E-state index contributed by atoms with van der Waals surface area (Å²) in [7, 11) is 1.65. The Morgan fingerprint density at radius 3 is 2.53 bits per heavy atom. The Balaban J connectivity index is 1.61. The molecular formula is C25H27N3O3S. The smallest absolute Gasteiger partial charge is 0.261 e. The van der Waals surface area contributed by atoms with Gasteiger partial charge in [0, 0.05) is 42.5 Å². The van der Waals surface area contributed by atoms with Gasteiger partial charge in [0.25, 0.3) is 11.8 Å². The molecule has 1 atom stereocenters. The van der Waals surface area contributed by atoms with Crippen LogP contribution in [0.3, 0.4) is 0 Å². The van der Waals surface area contributed by atoms with Gasteiger partial charge in [0.2, 0.25) is 5.91 Å². The summed E-state index contributed by atoms with van der Waals surface area (Å²) in [5.41, 5.74) is 2.30. The van der Waals surface area contributed by atoms with E-state index in [4.69, 9.17) is 0 Å². The lowest BCUT2D eigenvalue weighted by atomic mass is 9.93. The fourth-order valence-corrected chi connectivity index (χ4v) is 5.56. The molecule has 3 aromatic rings. The molecule has 0 radical (unpaired) electrons. The Labute approximate surface area is 191 Å². The van der Waals surface area contributed by atoms with E-state index < -0.39 is 0 Å². The van der Waals surface area contributed by atoms with Crippen molar-refractivity contribution in [3.8, 4) is 0 Å². The molecular weight excluding hydrogens is 422 g/mol. The van der Waals surface area contributed by atoms with Crippen molar-refractivity contribution in [2.75, 3.05) is 18.9 Å². The molecule has 1 saturated heterocycles. The molecule has 7 heteroatoms. The number of hydrogen-bond acceptors (Lipinski definition) is 4. The van der Waals surface area contributed by atoms with E-state index in [1.807, 2.05) is 23.1 Å². The lowest BCUT2D eigenvalue weighted by Gasteiger charge is -2.36. The largest absolute Gasteiger partial charge is 0.354 e. The van der Waals surface area contributed by atoms with E-state index in [0.29, 0.717) is 24.2 Å². The molecule has 1 aliphatic heterocycles. The zero-order valence-corrected chi connectivity index (χ0v) is 19.1. The van der Waals surface area contributed by atoms with E-state index in [1.165, 1.54) is 18.3 Å². The summed E-state index contributed by atoms with van der Waals surface area (Å²) in [6.45, 7) is 2.16. The van der Waals surface area contributed by atoms with Crippen molar-refractivity contribution in [3.05, 3.63) is 64.5 Å². The summed E-state index contributed by atoms with van der Waals surface area (Å²) < 4.78 is 1.09. The number of amides is 3. The van der Waals surface area contributed by atoms with Crippen LogP contribution in [0, 0.1) is 0 Å². The van der Waals surface area contributed by atoms with Crippen molar-refractivity contribution in [2.45, 2.75) is 38.6 Å². The molecule has 0 saturated carbocycles. The molecule has 6 nitrogen and oxygen atoms in total. The number of benzene rings is 2. The zero-order chi connectivity index (χ0) is 22.7. The van der Waals surface area contributed by atoms with Crippen LogP contribution in [0.4, 0.5) is 5.69 Å². The van der Waals surface area contributed by atoms with Gasteiger partial charge in [-0.15, -0.1) is 11.3 Å². The number of thiophene rings is 1. The molecule has 32 heavy (non-hydrogen) atoms. The number of nitrogens with one attached hydrogen (secondary N) is 2. The second-order valence-corrected chi connectivity index (χ2v) is 9.15. The summed E-state index contributed by atoms with van der Waals surface area (Å²) in [4.78, 5) is 39.9. The SMILES string of the molecule is CNC(=O)c1sc2ccccc2c1CC1CCCCN1C(=O)c1ccc(NC(C)=O)cc1. The Morgan fingerprint density at radius 2 is 1.81 bits per heavy atom. The average Bonchev–Trinajstić information content (AvgIpc) is 3.17. The van der Waals surface area contributed by atoms with Gasteiger partial charge in [-0.05, 0) is 67.0 Å². The molecule has 1 aliphatic rings. The molecule has 0 bridgehead atoms. The van der Waals surface area contributed by atoms with Crippen LogP contribution in [0.15, 0.2) is 48.5 Å². The van der Waals surface area contributed by atoms with Crippen LogP contribution in [0.25, 0.3) is 10.1 Å². The third kappa shape index (κ3) is 4.53. The van der Waals surface area contributed by atoms with Gasteiger partial charge < -0.3 is 15.5 Å². The Hall–Kier alpha value is -3.19. The maximum atomic E-state index is 13.4. The van der Waals surface area contributed by atoms with Crippen molar-refractivity contribution >= 4 is 44.8 Å². The number of fused-ring (bicyclic) bond motifs is 1. The Morgan fingerprint density at radius 1 is 1.06 bits per heavy atom. The first kappa shape index (κ1) is 22.0. The normalized spacial score (nSPS) is 16.1. The van der Waals surface area contributed by atoms with E-state index in [1.54, 1.807) is 31.3 Å². The summed E-state index contributed by atoms with van der Waals surface area (Å²) >= 11 is 1.51. The van der Waals surface area contributed by atoms with E-state index in [0.717, 1.165) is 39.8 Å². The van der Waals surface area contributed by atoms with Gasteiger partial charge in [-0.1, -0.05) is 18.2 Å². The number of anilines is 1. The summed E-state index contributed by atoms with van der Waals surface area (Å²) in [6.07, 6.45) is 3.60. The van der Waals surface area contributed by atoms with Crippen LogP contribution in [-0.2, 0) is 11.2 Å². The van der Waals surface area contributed by atoms with Gasteiger partial charge in [-0.25, -0.2) is 0 Å². The van der Waals surface area contributed by atoms with E-state index in [9.17, 15) is 14.4 Å². The lowest BCUT2D eigenvalue weighted by Crippen LogP contribution is -2.45. The van der Waals surface area contributed by atoms with Crippen molar-refractivity contribution < 1.29 is 14.4 Å². The van der Waals surface area contributed by atoms with E-state index in [2.05, 4.69) is 16.7 Å². The minimum absolute atomic E-state index is 0.00916. The van der Waals surface area contributed by atoms with Gasteiger partial charge in [0.05, 0.1) is 4.88 Å². The topological polar surface area (TPSA) is 78.5 Å². The van der Waals surface area contributed by atoms with E-state index >= 15 is 0 Å². The molecule has 1 fully saturated rings. The molecule has 1 aromatic heterocycles. The minimum atomic E-state index is -0.143. The molecule has 0 spiro atoms. The average molecular weight is 450 g/mol. The van der Waals surface area contributed by atoms with Crippen LogP contribution >= 0.6 is 11.3 Å². The molecule has 1 unspecified atom stereocenters. The maximum absolute atomic E-state index is 13.4. The first-order valence-electron chi connectivity index (χ1n) is 10.9. The van der Waals surface area contributed by atoms with Crippen molar-refractivity contribution in [2.24, 2.45) is 0 Å². The predicted octanol–water partition coefficient (Wildman–Crippen LogP) is 4.46. The van der Waals surface area contributed by atoms with Crippen molar-refractivity contribution in [1.82, 2.24) is 10.2 Å². The molecule has 2 heterocycles. The molecule has 0 aliphatic carbocycles. The first-order valence-corrected chi connectivity index (χ1v) is 11.7. The number of hydrogen-bond donors (Lipinski definition) is 2. The van der Waals surface area contributed by atoms with Crippen LogP contribution < -0.4 is 10.6 Å². The molecule has 4 rings (SSSR count). The van der Waals surface area contributed by atoms with Gasteiger partial charge in [-0.3, -0.25) is 14.4 Å². The molecule has 166 valence electrons. The highest BCUT2D eigenvalue weighted by molar-refractivity contribution is 7.21. The quantitative estimate of drug-likeness (QED) is 0.604. The van der Waals surface area contributed by atoms with Crippen LogP contribution in [-0.4, -0.2) is 42.3 Å². The number of nitrogens with zero attached hydrogens (tertiary/aromatic N) is 1. The summed E-state index contributed by atoms with van der Waals surface area (Å²) in [5, 5.41) is 6.58. The van der Waals surface area contributed by atoms with Crippen molar-refractivity contribution in [3.63, 3.8) is 0 Å². The highest BCUT2D eigenvalue weighted by Crippen LogP contribution is 2.34. The second kappa shape index (κ2) is 9.53. The fraction of sp³-hybridized carbons (Fsp3) is 0.320. The van der Waals surface area contributed by atoms with Gasteiger partial charge in [0.1, 0.15) is 0 Å².